The molecule has 0 bridgehead atoms. The number of carbonyl (C=O) groups is 2. The number of hydrogen-bond donors (Lipinski definition) is 2. The van der Waals surface area contributed by atoms with Crippen molar-refractivity contribution in [3.05, 3.63) is 57.6 Å². The zero-order valence-electron chi connectivity index (χ0n) is 26.8. The van der Waals surface area contributed by atoms with Crippen LogP contribution in [0.3, 0.4) is 0 Å². The molecule has 42 heavy (non-hydrogen) atoms. The fourth-order valence-electron chi connectivity index (χ4n) is 4.06. The number of carboxylic acids is 2. The zero-order chi connectivity index (χ0) is 32.0. The maximum absolute atomic E-state index is 10.6. The molecule has 0 aliphatic heterocycles. The van der Waals surface area contributed by atoms with Crippen LogP contribution >= 0.6 is 0 Å². The van der Waals surface area contributed by atoms with Gasteiger partial charge < -0.3 is 30.0 Å². The van der Waals surface area contributed by atoms with E-state index in [0.29, 0.717) is 11.5 Å². The number of rotatable bonds is 8. The normalized spacial score (nSPS) is 11.3. The molecule has 0 heterocycles. The van der Waals surface area contributed by atoms with Gasteiger partial charge in [-0.3, -0.25) is 9.98 Å². The van der Waals surface area contributed by atoms with Crippen LogP contribution in [0.2, 0.25) is 0 Å². The second kappa shape index (κ2) is 19.1. The molecule has 0 atom stereocenters. The molecule has 0 aromatic heterocycles. The second-order valence-electron chi connectivity index (χ2n) is 12.3. The van der Waals surface area contributed by atoms with Gasteiger partial charge in [-0.05, 0) is 84.7 Å². The fourth-order valence-corrected chi connectivity index (χ4v) is 4.06. The van der Waals surface area contributed by atoms with Gasteiger partial charge in [0.05, 0.1) is 0 Å². The van der Waals surface area contributed by atoms with Crippen LogP contribution in [0.25, 0.3) is 0 Å². The van der Waals surface area contributed by atoms with Gasteiger partial charge in [0.25, 0.3) is 0 Å². The van der Waals surface area contributed by atoms with Crippen LogP contribution < -0.4 is 10.2 Å². The minimum Gasteiger partial charge on any atom is -0.550 e. The summed E-state index contributed by atoms with van der Waals surface area (Å²) in [6.45, 7) is 19.5. The van der Waals surface area contributed by atoms with Gasteiger partial charge in [-0.2, -0.15) is 0 Å². The third kappa shape index (κ3) is 18.3. The largest absolute Gasteiger partial charge is 2.00 e. The van der Waals surface area contributed by atoms with Crippen molar-refractivity contribution >= 4 is 24.4 Å². The third-order valence-electron chi connectivity index (χ3n) is 5.41. The number of aromatic hydroxyl groups is 2. The van der Waals surface area contributed by atoms with E-state index in [1.54, 1.807) is 12.4 Å². The number of nitrogens with zero attached hydrogens (tertiary/aromatic N) is 2. The minimum absolute atomic E-state index is 0. The first-order chi connectivity index (χ1) is 18.8. The van der Waals surface area contributed by atoms with E-state index in [4.69, 9.17) is 19.8 Å². The van der Waals surface area contributed by atoms with Crippen LogP contribution in [0.4, 0.5) is 0 Å². The number of carboxylic acid groups (broad SMARTS) is 2. The molecule has 0 amide bonds. The Bertz CT molecular complexity index is 1110. The van der Waals surface area contributed by atoms with E-state index < -0.39 is 11.9 Å². The van der Waals surface area contributed by atoms with Crippen molar-refractivity contribution < 1.29 is 46.8 Å². The summed E-state index contributed by atoms with van der Waals surface area (Å²) in [5.74, 6) is -1.58. The average Bonchev–Trinajstić information content (AvgIpc) is 2.79. The zero-order valence-corrected chi connectivity index (χ0v) is 27.8. The molecule has 2 N–H and O–H groups in total. The van der Waals surface area contributed by atoms with Gasteiger partial charge in [0.2, 0.25) is 0 Å². The van der Waals surface area contributed by atoms with Crippen molar-refractivity contribution in [2.75, 3.05) is 6.67 Å². The monoisotopic (exact) mass is 627 g/mol. The Hall–Kier alpha value is -3.17. The molecule has 0 unspecified atom stereocenters. The maximum atomic E-state index is 10.6. The Kier molecular flexibility index (Phi) is 18.6. The van der Waals surface area contributed by atoms with Gasteiger partial charge >= 0.3 is 16.8 Å². The SMILES string of the molecule is CC(=O)[O-].CC(=O)[O-].CCc1cc(CC(C)(C)C)cc(C=NCN=Cc2cc(CC(C)(C)C)cc(CC)c2O)c1O.[Co+2]. The molecule has 0 saturated carbocycles. The second-order valence-corrected chi connectivity index (χ2v) is 12.3. The van der Waals surface area contributed by atoms with Gasteiger partial charge in [0.1, 0.15) is 18.2 Å². The summed E-state index contributed by atoms with van der Waals surface area (Å²) in [5.41, 5.74) is 6.08. The van der Waals surface area contributed by atoms with Crippen LogP contribution in [-0.4, -0.2) is 41.2 Å². The number of aliphatic imine (C=N–C) groups is 2. The molecular formula is C33H48CoN2O6. The van der Waals surface area contributed by atoms with Crippen molar-refractivity contribution in [1.29, 1.82) is 0 Å². The number of carbonyl (C=O) groups excluding carboxylic acids is 2. The maximum Gasteiger partial charge on any atom is 2.00 e. The van der Waals surface area contributed by atoms with Gasteiger partial charge in [-0.25, -0.2) is 0 Å². The van der Waals surface area contributed by atoms with E-state index in [2.05, 4.69) is 63.7 Å². The van der Waals surface area contributed by atoms with Crippen LogP contribution in [0.1, 0.15) is 103 Å². The van der Waals surface area contributed by atoms with Crippen LogP contribution in [-0.2, 0) is 52.1 Å². The first-order valence-electron chi connectivity index (χ1n) is 13.8. The minimum atomic E-state index is -1.08. The first-order valence-corrected chi connectivity index (χ1v) is 13.8. The summed E-state index contributed by atoms with van der Waals surface area (Å²) in [7, 11) is 0. The predicted molar refractivity (Wildman–Crippen MR) is 163 cm³/mol. The number of aliphatic carboxylic acids is 2. The predicted octanol–water partition coefficient (Wildman–Crippen LogP) is 4.41. The van der Waals surface area contributed by atoms with E-state index in [0.717, 1.165) is 61.8 Å². The summed E-state index contributed by atoms with van der Waals surface area (Å²) in [4.78, 5) is 26.6. The smallest absolute Gasteiger partial charge is 0.550 e. The Balaban J connectivity index is 0. The quantitative estimate of drug-likeness (QED) is 0.415. The molecule has 0 saturated heterocycles. The number of aryl methyl sites for hydroxylation is 2. The van der Waals surface area contributed by atoms with Gasteiger partial charge in [-0.1, -0.05) is 67.5 Å². The molecule has 0 fully saturated rings. The molecular weight excluding hydrogens is 579 g/mol. The molecule has 0 aliphatic carbocycles. The van der Waals surface area contributed by atoms with E-state index in [1.165, 1.54) is 11.1 Å². The molecule has 235 valence electrons. The van der Waals surface area contributed by atoms with Crippen molar-refractivity contribution in [3.8, 4) is 11.5 Å². The van der Waals surface area contributed by atoms with Crippen molar-refractivity contribution in [2.45, 2.75) is 94.9 Å². The summed E-state index contributed by atoms with van der Waals surface area (Å²) in [6.07, 6.45) is 6.81. The summed E-state index contributed by atoms with van der Waals surface area (Å²) >= 11 is 0. The fraction of sp³-hybridized carbons (Fsp3) is 0.515. The number of phenolic OH excluding ortho intramolecular Hbond substituents is 2. The molecule has 2 rings (SSSR count). The molecule has 1 radical (unpaired) electrons. The summed E-state index contributed by atoms with van der Waals surface area (Å²) in [6, 6.07) is 8.22. The van der Waals surface area contributed by atoms with Crippen molar-refractivity contribution in [2.24, 2.45) is 20.8 Å². The van der Waals surface area contributed by atoms with Gasteiger partial charge in [0, 0.05) is 35.5 Å². The molecule has 0 spiro atoms. The van der Waals surface area contributed by atoms with E-state index in [1.807, 2.05) is 26.0 Å². The third-order valence-corrected chi connectivity index (χ3v) is 5.41. The molecule has 0 aliphatic rings. The van der Waals surface area contributed by atoms with Gasteiger partial charge in [-0.15, -0.1) is 0 Å². The molecule has 8 nitrogen and oxygen atoms in total. The van der Waals surface area contributed by atoms with Crippen molar-refractivity contribution in [3.63, 3.8) is 0 Å². The Morgan fingerprint density at radius 2 is 1.00 bits per heavy atom. The first kappa shape index (κ1) is 41.0. The van der Waals surface area contributed by atoms with Crippen molar-refractivity contribution in [1.82, 2.24) is 0 Å². The van der Waals surface area contributed by atoms with Crippen LogP contribution in [0.15, 0.2) is 34.3 Å². The molecule has 2 aromatic rings. The number of phenols is 2. The van der Waals surface area contributed by atoms with Crippen LogP contribution in [0.5, 0.6) is 11.5 Å². The number of hydrogen-bond acceptors (Lipinski definition) is 8. The van der Waals surface area contributed by atoms with E-state index in [-0.39, 0.29) is 34.3 Å². The van der Waals surface area contributed by atoms with E-state index in [9.17, 15) is 10.2 Å². The van der Waals surface area contributed by atoms with E-state index >= 15 is 0 Å². The topological polar surface area (TPSA) is 145 Å². The standard InChI is InChI=1S/C29H42N2O2.2C2H4O2.Co/c1-9-22-11-20(15-28(3,4)5)13-24(26(22)32)17-30-19-31-18-25-14-21(16-29(6,7)8)12-23(10-2)27(25)33;2*1-2(3)4;/h11-14,17-18,32-33H,9-10,15-16,19H2,1-8H3;2*1H3,(H,3,4);/q;;;+2/p-2. The number of benzene rings is 2. The Morgan fingerprint density at radius 3 is 1.24 bits per heavy atom. The summed E-state index contributed by atoms with van der Waals surface area (Å²) in [5, 5.41) is 39.0. The summed E-state index contributed by atoms with van der Waals surface area (Å²) < 4.78 is 0. The molecule has 9 heteroatoms. The van der Waals surface area contributed by atoms with Crippen LogP contribution in [0, 0.1) is 10.8 Å². The van der Waals surface area contributed by atoms with Gasteiger partial charge in [0.15, 0.2) is 0 Å². The average molecular weight is 628 g/mol. The molecule has 2 aromatic carbocycles. The Labute approximate surface area is 262 Å². The Morgan fingerprint density at radius 1 is 0.714 bits per heavy atom.